The minimum Gasteiger partial charge on any atom is -0.497 e. The van der Waals surface area contributed by atoms with Crippen LogP contribution in [0.4, 0.5) is 0 Å². The van der Waals surface area contributed by atoms with Crippen molar-refractivity contribution in [1.82, 2.24) is 9.55 Å². The Morgan fingerprint density at radius 2 is 1.64 bits per heavy atom. The number of nitrogens with zero attached hydrogens (tertiary/aromatic N) is 1. The molecular weight excluding hydrogens is 424 g/mol. The maximum Gasteiger partial charge on any atom is 0.355 e. The zero-order chi connectivity index (χ0) is 24.3. The topological polar surface area (TPSA) is 99.6 Å². The molecule has 2 aromatic heterocycles. The molecule has 0 aliphatic carbocycles. The van der Waals surface area contributed by atoms with Gasteiger partial charge in [-0.1, -0.05) is 0 Å². The molecular formula is C25H28N2O6. The number of methoxy groups -OCH3 is 1. The van der Waals surface area contributed by atoms with E-state index in [2.05, 4.69) is 4.98 Å². The number of aromatic amines is 1. The largest absolute Gasteiger partial charge is 0.497 e. The van der Waals surface area contributed by atoms with E-state index in [4.69, 9.17) is 14.2 Å². The fraction of sp³-hybridized carbons (Fsp3) is 0.320. The number of rotatable bonds is 8. The summed E-state index contributed by atoms with van der Waals surface area (Å²) in [6.07, 6.45) is 0. The molecule has 0 fully saturated rings. The number of benzene rings is 1. The maximum absolute atomic E-state index is 12.9. The molecule has 3 aromatic rings. The molecule has 0 saturated carbocycles. The molecule has 0 saturated heterocycles. The smallest absolute Gasteiger partial charge is 0.355 e. The summed E-state index contributed by atoms with van der Waals surface area (Å²) in [7, 11) is 1.60. The van der Waals surface area contributed by atoms with Gasteiger partial charge in [-0.05, 0) is 70.5 Å². The Balaban J connectivity index is 1.76. The second-order valence-corrected chi connectivity index (χ2v) is 7.66. The minimum absolute atomic E-state index is 0.204. The number of H-pyrrole nitrogens is 1. The lowest BCUT2D eigenvalue weighted by Crippen LogP contribution is -2.16. The van der Waals surface area contributed by atoms with Crippen LogP contribution >= 0.6 is 0 Å². The average molecular weight is 453 g/mol. The van der Waals surface area contributed by atoms with Gasteiger partial charge in [-0.25, -0.2) is 9.59 Å². The number of nitrogens with one attached hydrogen (secondary N) is 1. The first-order valence-electron chi connectivity index (χ1n) is 10.6. The van der Waals surface area contributed by atoms with Crippen molar-refractivity contribution in [1.29, 1.82) is 0 Å². The van der Waals surface area contributed by atoms with Crippen LogP contribution in [0.5, 0.6) is 5.75 Å². The first kappa shape index (κ1) is 23.8. The molecule has 0 unspecified atom stereocenters. The van der Waals surface area contributed by atoms with Gasteiger partial charge in [0.25, 0.3) is 0 Å². The Kier molecular flexibility index (Phi) is 7.06. The molecule has 1 aromatic carbocycles. The number of aryl methyl sites for hydroxylation is 2. The minimum atomic E-state index is -0.672. The van der Waals surface area contributed by atoms with Gasteiger partial charge in [0.15, 0.2) is 6.61 Å². The molecule has 8 heteroatoms. The highest BCUT2D eigenvalue weighted by atomic mass is 16.5. The maximum atomic E-state index is 12.9. The van der Waals surface area contributed by atoms with Crippen molar-refractivity contribution in [2.45, 2.75) is 34.6 Å². The van der Waals surface area contributed by atoms with Crippen molar-refractivity contribution in [3.05, 3.63) is 69.8 Å². The molecule has 33 heavy (non-hydrogen) atoms. The van der Waals surface area contributed by atoms with Crippen LogP contribution in [0.25, 0.3) is 5.69 Å². The second kappa shape index (κ2) is 9.77. The van der Waals surface area contributed by atoms with E-state index in [0.29, 0.717) is 16.8 Å². The quantitative estimate of drug-likeness (QED) is 0.405. The lowest BCUT2D eigenvalue weighted by atomic mass is 10.1. The van der Waals surface area contributed by atoms with Crippen LogP contribution in [0.2, 0.25) is 0 Å². The molecule has 0 amide bonds. The van der Waals surface area contributed by atoms with Crippen molar-refractivity contribution >= 4 is 17.7 Å². The normalized spacial score (nSPS) is 10.7. The van der Waals surface area contributed by atoms with Crippen LogP contribution in [-0.4, -0.2) is 47.6 Å². The highest BCUT2D eigenvalue weighted by Gasteiger charge is 2.25. The summed E-state index contributed by atoms with van der Waals surface area (Å²) in [6.45, 7) is 8.56. The summed E-state index contributed by atoms with van der Waals surface area (Å²) in [5.41, 5.74) is 4.34. The van der Waals surface area contributed by atoms with E-state index in [1.807, 2.05) is 42.7 Å². The summed E-state index contributed by atoms with van der Waals surface area (Å²) < 4.78 is 17.5. The van der Waals surface area contributed by atoms with E-state index in [1.165, 1.54) is 0 Å². The predicted molar refractivity (Wildman–Crippen MR) is 123 cm³/mol. The molecule has 0 atom stereocenters. The van der Waals surface area contributed by atoms with Crippen molar-refractivity contribution in [2.24, 2.45) is 0 Å². The number of hydrogen-bond donors (Lipinski definition) is 1. The molecule has 0 aliphatic heterocycles. The third-order valence-corrected chi connectivity index (χ3v) is 5.52. The Morgan fingerprint density at radius 3 is 2.24 bits per heavy atom. The molecule has 8 nitrogen and oxygen atoms in total. The van der Waals surface area contributed by atoms with Crippen LogP contribution in [0.15, 0.2) is 30.3 Å². The van der Waals surface area contributed by atoms with Crippen LogP contribution in [0, 0.1) is 27.7 Å². The van der Waals surface area contributed by atoms with Gasteiger partial charge in [0.05, 0.1) is 19.3 Å². The highest BCUT2D eigenvalue weighted by molar-refractivity contribution is 6.02. The van der Waals surface area contributed by atoms with Crippen molar-refractivity contribution in [3.8, 4) is 11.4 Å². The SMILES string of the molecule is CCOC(=O)c1[nH]c(C)c(C(=O)OCC(=O)c2cc(C)n(-c3ccc(OC)cc3)c2C)c1C. The Morgan fingerprint density at radius 1 is 0.970 bits per heavy atom. The highest BCUT2D eigenvalue weighted by Crippen LogP contribution is 2.24. The van der Waals surface area contributed by atoms with Gasteiger partial charge in [-0.2, -0.15) is 0 Å². The average Bonchev–Trinajstić information content (AvgIpc) is 3.26. The van der Waals surface area contributed by atoms with Crippen LogP contribution in [0.3, 0.4) is 0 Å². The fourth-order valence-electron chi connectivity index (χ4n) is 3.92. The monoisotopic (exact) mass is 452 g/mol. The van der Waals surface area contributed by atoms with Gasteiger partial charge in [0, 0.05) is 28.3 Å². The zero-order valence-electron chi connectivity index (χ0n) is 19.7. The number of hydrogen-bond acceptors (Lipinski definition) is 6. The number of carbonyl (C=O) groups is 3. The fourth-order valence-corrected chi connectivity index (χ4v) is 3.92. The number of carbonyl (C=O) groups excluding carboxylic acids is 3. The molecule has 0 bridgehead atoms. The van der Waals surface area contributed by atoms with Gasteiger partial charge >= 0.3 is 11.9 Å². The Hall–Kier alpha value is -3.81. The van der Waals surface area contributed by atoms with E-state index >= 15 is 0 Å². The van der Waals surface area contributed by atoms with Crippen molar-refractivity contribution < 1.29 is 28.6 Å². The molecule has 1 N–H and O–H groups in total. The molecule has 0 radical (unpaired) electrons. The number of esters is 2. The van der Waals surface area contributed by atoms with E-state index in [1.54, 1.807) is 33.9 Å². The van der Waals surface area contributed by atoms with E-state index in [0.717, 1.165) is 22.8 Å². The van der Waals surface area contributed by atoms with Gasteiger partial charge in [-0.15, -0.1) is 0 Å². The van der Waals surface area contributed by atoms with Crippen LogP contribution < -0.4 is 4.74 Å². The molecule has 0 aliphatic rings. The molecule has 2 heterocycles. The first-order valence-corrected chi connectivity index (χ1v) is 10.6. The standard InChI is InChI=1S/C25H28N2O6/c1-7-32-25(30)23-15(3)22(16(4)26-23)24(29)33-13-21(28)20-12-14(2)27(17(20)5)18-8-10-19(31-6)11-9-18/h8-12,26H,7,13H2,1-6H3. The van der Waals surface area contributed by atoms with Gasteiger partial charge < -0.3 is 23.8 Å². The number of ether oxygens (including phenoxy) is 3. The summed E-state index contributed by atoms with van der Waals surface area (Å²) in [5.74, 6) is -0.785. The second-order valence-electron chi connectivity index (χ2n) is 7.66. The summed E-state index contributed by atoms with van der Waals surface area (Å²) in [6, 6.07) is 9.30. The summed E-state index contributed by atoms with van der Waals surface area (Å²) in [5, 5.41) is 0. The van der Waals surface area contributed by atoms with Gasteiger partial charge in [-0.3, -0.25) is 4.79 Å². The number of Topliss-reactive ketones (excluding diaryl/α,β-unsaturated/α-hetero) is 1. The molecule has 3 rings (SSSR count). The van der Waals surface area contributed by atoms with Gasteiger partial charge in [0.1, 0.15) is 11.4 Å². The third kappa shape index (κ3) is 4.69. The van der Waals surface area contributed by atoms with E-state index in [9.17, 15) is 14.4 Å². The zero-order valence-corrected chi connectivity index (χ0v) is 19.7. The first-order chi connectivity index (χ1) is 15.7. The van der Waals surface area contributed by atoms with E-state index in [-0.39, 0.29) is 23.6 Å². The van der Waals surface area contributed by atoms with Gasteiger partial charge in [0.2, 0.25) is 5.78 Å². The lowest BCUT2D eigenvalue weighted by molar-refractivity contribution is 0.0473. The van der Waals surface area contributed by atoms with E-state index < -0.39 is 18.5 Å². The summed E-state index contributed by atoms with van der Waals surface area (Å²) >= 11 is 0. The summed E-state index contributed by atoms with van der Waals surface area (Å²) in [4.78, 5) is 40.5. The van der Waals surface area contributed by atoms with Crippen molar-refractivity contribution in [2.75, 3.05) is 20.3 Å². The Bertz CT molecular complexity index is 1200. The van der Waals surface area contributed by atoms with Crippen LogP contribution in [-0.2, 0) is 9.47 Å². The Labute approximate surface area is 192 Å². The van der Waals surface area contributed by atoms with Crippen molar-refractivity contribution in [3.63, 3.8) is 0 Å². The third-order valence-electron chi connectivity index (χ3n) is 5.52. The van der Waals surface area contributed by atoms with Crippen LogP contribution in [0.1, 0.15) is 60.8 Å². The number of aromatic nitrogens is 2. The molecule has 174 valence electrons. The number of ketones is 1. The molecule has 0 spiro atoms. The predicted octanol–water partition coefficient (Wildman–Crippen LogP) is 4.26. The lowest BCUT2D eigenvalue weighted by Gasteiger charge is -2.11.